The van der Waals surface area contributed by atoms with Crippen molar-refractivity contribution in [3.63, 3.8) is 0 Å². The van der Waals surface area contributed by atoms with Crippen LogP contribution in [0.5, 0.6) is 0 Å². The Morgan fingerprint density at radius 1 is 1.15 bits per heavy atom. The second-order valence-electron chi connectivity index (χ2n) is 10.7. The van der Waals surface area contributed by atoms with Crippen LogP contribution >= 0.6 is 11.8 Å². The SMILES string of the molecule is COC(=O)C1CCC(OC(SCC(=O)Cc2ccc3nc(Nc4cc(F)ccc4C)oc3c2F)N2CCCC2)CC1. The van der Waals surface area contributed by atoms with Crippen molar-refractivity contribution in [2.45, 2.75) is 63.5 Å². The number of Topliss-reactive ketones (excluding diaryl/α,β-unsaturated/α-hetero) is 1. The molecule has 1 aromatic heterocycles. The van der Waals surface area contributed by atoms with Crippen LogP contribution < -0.4 is 5.32 Å². The van der Waals surface area contributed by atoms with E-state index in [9.17, 15) is 14.0 Å². The summed E-state index contributed by atoms with van der Waals surface area (Å²) in [5, 5.41) is 2.90. The Morgan fingerprint density at radius 2 is 1.90 bits per heavy atom. The molecule has 5 rings (SSSR count). The fourth-order valence-corrected chi connectivity index (χ4v) is 6.50. The molecule has 1 N–H and O–H groups in total. The molecule has 1 aliphatic heterocycles. The molecule has 41 heavy (non-hydrogen) atoms. The topological polar surface area (TPSA) is 93.9 Å². The van der Waals surface area contributed by atoms with E-state index in [2.05, 4.69) is 15.2 Å². The van der Waals surface area contributed by atoms with Gasteiger partial charge in [-0.2, -0.15) is 4.98 Å². The van der Waals surface area contributed by atoms with E-state index in [1.54, 1.807) is 18.2 Å². The molecule has 0 radical (unpaired) electrons. The van der Waals surface area contributed by atoms with Crippen molar-refractivity contribution in [1.29, 1.82) is 0 Å². The van der Waals surface area contributed by atoms with Crippen LogP contribution in [0.25, 0.3) is 11.1 Å². The van der Waals surface area contributed by atoms with E-state index in [0.717, 1.165) is 57.2 Å². The van der Waals surface area contributed by atoms with Gasteiger partial charge in [-0.15, -0.1) is 11.8 Å². The number of fused-ring (bicyclic) bond motifs is 1. The second-order valence-corrected chi connectivity index (χ2v) is 11.7. The third-order valence-electron chi connectivity index (χ3n) is 7.75. The molecule has 1 aliphatic carbocycles. The number of ketones is 1. The van der Waals surface area contributed by atoms with Crippen LogP contribution in [0.3, 0.4) is 0 Å². The molecule has 11 heteroatoms. The Morgan fingerprint density at radius 3 is 2.63 bits per heavy atom. The molecule has 2 heterocycles. The molecule has 220 valence electrons. The van der Waals surface area contributed by atoms with E-state index in [1.165, 1.54) is 31.0 Å². The maximum absolute atomic E-state index is 15.3. The molecule has 1 atom stereocenters. The zero-order valence-corrected chi connectivity index (χ0v) is 24.1. The third-order valence-corrected chi connectivity index (χ3v) is 8.93. The number of thioether (sulfide) groups is 1. The summed E-state index contributed by atoms with van der Waals surface area (Å²) in [5.74, 6) is -1.23. The highest BCUT2D eigenvalue weighted by Gasteiger charge is 2.32. The van der Waals surface area contributed by atoms with Gasteiger partial charge in [-0.3, -0.25) is 14.5 Å². The maximum Gasteiger partial charge on any atom is 0.308 e. The van der Waals surface area contributed by atoms with Crippen molar-refractivity contribution >= 4 is 46.3 Å². The van der Waals surface area contributed by atoms with Crippen LogP contribution in [0.4, 0.5) is 20.5 Å². The number of ether oxygens (including phenoxy) is 2. The molecular formula is C30H35F2N3O5S. The number of anilines is 2. The van der Waals surface area contributed by atoms with E-state index in [1.807, 2.05) is 6.92 Å². The predicted octanol–water partition coefficient (Wildman–Crippen LogP) is 6.13. The highest BCUT2D eigenvalue weighted by atomic mass is 32.2. The minimum atomic E-state index is -0.632. The number of carbonyl (C=O) groups is 2. The van der Waals surface area contributed by atoms with Gasteiger partial charge in [0.1, 0.15) is 17.1 Å². The lowest BCUT2D eigenvalue weighted by Gasteiger charge is -2.34. The van der Waals surface area contributed by atoms with Crippen LogP contribution in [0.2, 0.25) is 0 Å². The number of hydrogen-bond donors (Lipinski definition) is 1. The first-order valence-corrected chi connectivity index (χ1v) is 15.1. The Hall–Kier alpha value is -3.02. The molecule has 0 bridgehead atoms. The normalized spacial score (nSPS) is 20.3. The van der Waals surface area contributed by atoms with Crippen LogP contribution in [0.15, 0.2) is 34.7 Å². The third kappa shape index (κ3) is 7.25. The minimum Gasteiger partial charge on any atom is -0.469 e. The largest absolute Gasteiger partial charge is 0.469 e. The minimum absolute atomic E-state index is 0.0226. The van der Waals surface area contributed by atoms with Gasteiger partial charge >= 0.3 is 5.97 Å². The lowest BCUT2D eigenvalue weighted by atomic mass is 9.87. The summed E-state index contributed by atoms with van der Waals surface area (Å²) in [6.45, 7) is 3.62. The first-order valence-electron chi connectivity index (χ1n) is 14.0. The monoisotopic (exact) mass is 587 g/mol. The van der Waals surface area contributed by atoms with Crippen molar-refractivity contribution in [3.8, 4) is 0 Å². The number of aryl methyl sites for hydroxylation is 1. The van der Waals surface area contributed by atoms with Gasteiger partial charge in [0.2, 0.25) is 0 Å². The van der Waals surface area contributed by atoms with Crippen molar-refractivity contribution in [2.75, 3.05) is 31.3 Å². The second kappa shape index (κ2) is 13.3. The Labute approximate surface area is 242 Å². The van der Waals surface area contributed by atoms with Crippen molar-refractivity contribution < 1.29 is 32.3 Å². The number of hydrogen-bond acceptors (Lipinski definition) is 9. The van der Waals surface area contributed by atoms with E-state index in [4.69, 9.17) is 13.9 Å². The number of likely N-dealkylation sites (tertiary alicyclic amines) is 1. The Bertz CT molecular complexity index is 1390. The zero-order chi connectivity index (χ0) is 28.9. The summed E-state index contributed by atoms with van der Waals surface area (Å²) in [6.07, 6.45) is 5.12. The first-order chi connectivity index (χ1) is 19.8. The number of benzene rings is 2. The van der Waals surface area contributed by atoms with Crippen LogP contribution in [-0.4, -0.2) is 59.3 Å². The predicted molar refractivity (Wildman–Crippen MR) is 153 cm³/mol. The molecule has 2 aromatic carbocycles. The van der Waals surface area contributed by atoms with Crippen molar-refractivity contribution in [1.82, 2.24) is 9.88 Å². The van der Waals surface area contributed by atoms with Gasteiger partial charge in [-0.25, -0.2) is 8.78 Å². The first kappa shape index (κ1) is 29.5. The molecule has 2 aliphatic rings. The zero-order valence-electron chi connectivity index (χ0n) is 23.3. The smallest absolute Gasteiger partial charge is 0.308 e. The molecule has 3 aromatic rings. The van der Waals surface area contributed by atoms with E-state index < -0.39 is 11.6 Å². The van der Waals surface area contributed by atoms with Gasteiger partial charge in [0.25, 0.3) is 6.01 Å². The number of oxazole rings is 1. The standard InChI is InChI=1S/C30H35F2N3O5S/c1-18-5-9-21(31)16-25(18)34-29-33-24-12-8-20(26(32)27(24)40-29)15-22(36)17-41-30(35-13-3-4-14-35)39-23-10-6-19(7-11-23)28(37)38-2/h5,8-9,12,16,19,23,30H,3-4,6-7,10-11,13-15,17H2,1-2H3,(H,33,34). The number of aromatic nitrogens is 1. The molecule has 0 spiro atoms. The van der Waals surface area contributed by atoms with Gasteiger partial charge < -0.3 is 19.2 Å². The molecular weight excluding hydrogens is 552 g/mol. The summed E-state index contributed by atoms with van der Waals surface area (Å²) >= 11 is 1.43. The fraction of sp³-hybridized carbons (Fsp3) is 0.500. The molecule has 0 amide bonds. The van der Waals surface area contributed by atoms with Crippen molar-refractivity contribution in [3.05, 3.63) is 53.1 Å². The molecule has 1 saturated carbocycles. The molecule has 2 fully saturated rings. The number of methoxy groups -OCH3 is 1. The number of halogens is 2. The summed E-state index contributed by atoms with van der Waals surface area (Å²) in [6, 6.07) is 7.49. The average Bonchev–Trinajstić information content (AvgIpc) is 3.65. The van der Waals surface area contributed by atoms with Crippen LogP contribution in [0.1, 0.15) is 49.7 Å². The highest BCUT2D eigenvalue weighted by molar-refractivity contribution is 8.00. The molecule has 1 unspecified atom stereocenters. The van der Waals surface area contributed by atoms with Gasteiger partial charge in [-0.05, 0) is 74.8 Å². The average molecular weight is 588 g/mol. The number of esters is 1. The number of nitrogens with zero attached hydrogens (tertiary/aromatic N) is 2. The lowest BCUT2D eigenvalue weighted by Crippen LogP contribution is -2.38. The van der Waals surface area contributed by atoms with Gasteiger partial charge in [0, 0.05) is 25.2 Å². The maximum atomic E-state index is 15.3. The Kier molecular flexibility index (Phi) is 9.57. The number of nitrogens with one attached hydrogen (secondary N) is 1. The van der Waals surface area contributed by atoms with Gasteiger partial charge in [0.05, 0.1) is 24.9 Å². The Balaban J connectivity index is 1.19. The fourth-order valence-electron chi connectivity index (χ4n) is 5.41. The summed E-state index contributed by atoms with van der Waals surface area (Å²) in [7, 11) is 1.42. The van der Waals surface area contributed by atoms with E-state index in [-0.39, 0.29) is 58.7 Å². The molecule has 1 saturated heterocycles. The summed E-state index contributed by atoms with van der Waals surface area (Å²) in [5.41, 5.74) is 1.46. The highest BCUT2D eigenvalue weighted by Crippen LogP contribution is 2.32. The summed E-state index contributed by atoms with van der Waals surface area (Å²) in [4.78, 5) is 31.3. The number of carbonyl (C=O) groups excluding carboxylic acids is 2. The molecule has 8 nitrogen and oxygen atoms in total. The van der Waals surface area contributed by atoms with E-state index in [0.29, 0.717) is 11.2 Å². The van der Waals surface area contributed by atoms with Gasteiger partial charge in [0.15, 0.2) is 17.0 Å². The van der Waals surface area contributed by atoms with Crippen LogP contribution in [0, 0.1) is 24.5 Å². The number of rotatable bonds is 11. The summed E-state index contributed by atoms with van der Waals surface area (Å²) < 4.78 is 45.9. The van der Waals surface area contributed by atoms with E-state index >= 15 is 4.39 Å². The quantitative estimate of drug-likeness (QED) is 0.210. The van der Waals surface area contributed by atoms with Crippen molar-refractivity contribution in [2.24, 2.45) is 5.92 Å². The lowest BCUT2D eigenvalue weighted by molar-refractivity contribution is -0.148. The van der Waals surface area contributed by atoms with Crippen LogP contribution in [-0.2, 0) is 25.5 Å². The van der Waals surface area contributed by atoms with Gasteiger partial charge in [-0.1, -0.05) is 12.1 Å².